The molecule has 3 nitrogen and oxygen atoms in total. The van der Waals surface area contributed by atoms with E-state index in [4.69, 9.17) is 22.7 Å². The smallest absolute Gasteiger partial charge is 0.119 e. The Labute approximate surface area is 132 Å². The van der Waals surface area contributed by atoms with E-state index in [9.17, 15) is 0 Å². The van der Waals surface area contributed by atoms with Gasteiger partial charge in [0.25, 0.3) is 0 Å². The third-order valence-electron chi connectivity index (χ3n) is 2.96. The number of rotatable bonds is 4. The summed E-state index contributed by atoms with van der Waals surface area (Å²) < 4.78 is 6.12. The van der Waals surface area contributed by atoms with Gasteiger partial charge in [-0.15, -0.1) is 0 Å². The van der Waals surface area contributed by atoms with Crippen molar-refractivity contribution in [2.75, 3.05) is 12.4 Å². The number of nitrogens with one attached hydrogen (secondary N) is 1. The lowest BCUT2D eigenvalue weighted by Gasteiger charge is -2.13. The van der Waals surface area contributed by atoms with Gasteiger partial charge < -0.3 is 15.8 Å². The SMILES string of the molecule is COc1ccc(Nc2ccc(C(N)=S)cc2Br)c(C)c1. The molecule has 20 heavy (non-hydrogen) atoms. The first-order valence-corrected chi connectivity index (χ1v) is 7.22. The summed E-state index contributed by atoms with van der Waals surface area (Å²) in [4.78, 5) is 0.387. The maximum absolute atomic E-state index is 5.62. The first-order chi connectivity index (χ1) is 9.51. The van der Waals surface area contributed by atoms with Gasteiger partial charge in [0.1, 0.15) is 10.7 Å². The number of benzene rings is 2. The van der Waals surface area contributed by atoms with E-state index in [-0.39, 0.29) is 0 Å². The van der Waals surface area contributed by atoms with Gasteiger partial charge in [-0.2, -0.15) is 0 Å². The van der Waals surface area contributed by atoms with Gasteiger partial charge >= 0.3 is 0 Å². The molecule has 0 radical (unpaired) electrons. The summed E-state index contributed by atoms with van der Waals surface area (Å²) in [5.74, 6) is 0.843. The van der Waals surface area contributed by atoms with Gasteiger partial charge in [-0.25, -0.2) is 0 Å². The topological polar surface area (TPSA) is 47.3 Å². The summed E-state index contributed by atoms with van der Waals surface area (Å²) in [6, 6.07) is 11.6. The van der Waals surface area contributed by atoms with Crippen molar-refractivity contribution in [1.82, 2.24) is 0 Å². The molecule has 0 saturated carbocycles. The van der Waals surface area contributed by atoms with Crippen LogP contribution in [-0.2, 0) is 0 Å². The van der Waals surface area contributed by atoms with Crippen LogP contribution in [-0.4, -0.2) is 12.1 Å². The van der Waals surface area contributed by atoms with Crippen LogP contribution in [0.15, 0.2) is 40.9 Å². The van der Waals surface area contributed by atoms with Gasteiger partial charge in [0.05, 0.1) is 12.8 Å². The van der Waals surface area contributed by atoms with Gasteiger partial charge in [-0.05, 0) is 64.8 Å². The molecule has 0 fully saturated rings. The number of aryl methyl sites for hydroxylation is 1. The van der Waals surface area contributed by atoms with Gasteiger partial charge in [0, 0.05) is 15.7 Å². The number of thiocarbonyl (C=S) groups is 1. The van der Waals surface area contributed by atoms with Crippen molar-refractivity contribution < 1.29 is 4.74 Å². The monoisotopic (exact) mass is 350 g/mol. The van der Waals surface area contributed by atoms with Gasteiger partial charge in [-0.3, -0.25) is 0 Å². The summed E-state index contributed by atoms with van der Waals surface area (Å²) in [6.45, 7) is 2.03. The van der Waals surface area contributed by atoms with Crippen molar-refractivity contribution in [1.29, 1.82) is 0 Å². The third-order valence-corrected chi connectivity index (χ3v) is 3.85. The first kappa shape index (κ1) is 14.8. The molecule has 0 saturated heterocycles. The van der Waals surface area contributed by atoms with E-state index >= 15 is 0 Å². The van der Waals surface area contributed by atoms with Crippen LogP contribution in [0.25, 0.3) is 0 Å². The number of ether oxygens (including phenoxy) is 1. The highest BCUT2D eigenvalue weighted by Crippen LogP contribution is 2.29. The Morgan fingerprint density at radius 1 is 1.20 bits per heavy atom. The predicted octanol–water partition coefficient (Wildman–Crippen LogP) is 4.14. The molecule has 0 aliphatic heterocycles. The number of methoxy groups -OCH3 is 1. The average Bonchev–Trinajstić information content (AvgIpc) is 2.42. The molecule has 0 heterocycles. The molecule has 0 aliphatic rings. The normalized spacial score (nSPS) is 10.2. The molecule has 2 aromatic carbocycles. The van der Waals surface area contributed by atoms with Gasteiger partial charge in [-0.1, -0.05) is 12.2 Å². The number of halogens is 1. The maximum atomic E-state index is 5.62. The molecule has 0 atom stereocenters. The maximum Gasteiger partial charge on any atom is 0.119 e. The van der Waals surface area contributed by atoms with E-state index in [2.05, 4.69) is 21.2 Å². The van der Waals surface area contributed by atoms with Crippen LogP contribution in [0.2, 0.25) is 0 Å². The zero-order valence-electron chi connectivity index (χ0n) is 11.2. The molecule has 2 aromatic rings. The Morgan fingerprint density at radius 3 is 2.45 bits per heavy atom. The van der Waals surface area contributed by atoms with E-state index in [1.54, 1.807) is 7.11 Å². The largest absolute Gasteiger partial charge is 0.497 e. The highest BCUT2D eigenvalue weighted by atomic mass is 79.9. The highest BCUT2D eigenvalue weighted by Gasteiger charge is 2.06. The van der Waals surface area contributed by atoms with Crippen molar-refractivity contribution in [3.63, 3.8) is 0 Å². The van der Waals surface area contributed by atoms with Crippen LogP contribution in [0.1, 0.15) is 11.1 Å². The van der Waals surface area contributed by atoms with Crippen molar-refractivity contribution in [3.8, 4) is 5.75 Å². The second-order valence-electron chi connectivity index (χ2n) is 4.36. The quantitative estimate of drug-likeness (QED) is 0.813. The van der Waals surface area contributed by atoms with Crippen molar-refractivity contribution in [2.24, 2.45) is 5.73 Å². The third kappa shape index (κ3) is 3.29. The number of hydrogen-bond acceptors (Lipinski definition) is 3. The molecule has 5 heteroatoms. The summed E-state index contributed by atoms with van der Waals surface area (Å²) >= 11 is 8.49. The molecule has 0 bridgehead atoms. The Bertz CT molecular complexity index is 658. The fourth-order valence-electron chi connectivity index (χ4n) is 1.82. The highest BCUT2D eigenvalue weighted by molar-refractivity contribution is 9.10. The lowest BCUT2D eigenvalue weighted by molar-refractivity contribution is 0.414. The molecule has 0 aliphatic carbocycles. The lowest BCUT2D eigenvalue weighted by atomic mass is 10.1. The fraction of sp³-hybridized carbons (Fsp3) is 0.133. The molecule has 104 valence electrons. The number of anilines is 2. The Hall–Kier alpha value is -1.59. The van der Waals surface area contributed by atoms with E-state index in [0.717, 1.165) is 32.7 Å². The first-order valence-electron chi connectivity index (χ1n) is 6.02. The minimum Gasteiger partial charge on any atom is -0.497 e. The van der Waals surface area contributed by atoms with Crippen molar-refractivity contribution in [2.45, 2.75) is 6.92 Å². The summed E-state index contributed by atoms with van der Waals surface area (Å²) in [6.07, 6.45) is 0. The Balaban J connectivity index is 2.28. The summed E-state index contributed by atoms with van der Waals surface area (Å²) in [5, 5.41) is 3.37. The molecule has 0 unspecified atom stereocenters. The second-order valence-corrected chi connectivity index (χ2v) is 5.66. The van der Waals surface area contributed by atoms with Gasteiger partial charge in [0.2, 0.25) is 0 Å². The molecule has 3 N–H and O–H groups in total. The second kappa shape index (κ2) is 6.24. The zero-order chi connectivity index (χ0) is 14.7. The van der Waals surface area contributed by atoms with Gasteiger partial charge in [0.15, 0.2) is 0 Å². The molecule has 2 rings (SSSR count). The van der Waals surface area contributed by atoms with Crippen LogP contribution in [0.3, 0.4) is 0 Å². The van der Waals surface area contributed by atoms with Crippen molar-refractivity contribution in [3.05, 3.63) is 52.0 Å². The van der Waals surface area contributed by atoms with Crippen LogP contribution in [0.4, 0.5) is 11.4 Å². The molecule has 0 amide bonds. The Morgan fingerprint density at radius 2 is 1.90 bits per heavy atom. The zero-order valence-corrected chi connectivity index (χ0v) is 13.6. The van der Waals surface area contributed by atoms with Crippen LogP contribution >= 0.6 is 28.1 Å². The Kier molecular flexibility index (Phi) is 4.62. The molecular weight excluding hydrogens is 336 g/mol. The van der Waals surface area contributed by atoms with E-state index in [1.807, 2.05) is 43.3 Å². The molecule has 0 spiro atoms. The van der Waals surface area contributed by atoms with E-state index < -0.39 is 0 Å². The average molecular weight is 351 g/mol. The number of hydrogen-bond donors (Lipinski definition) is 2. The van der Waals surface area contributed by atoms with Crippen molar-refractivity contribution >= 4 is 44.5 Å². The molecular formula is C15H15BrN2OS. The lowest BCUT2D eigenvalue weighted by Crippen LogP contribution is -2.09. The molecule has 0 aromatic heterocycles. The minimum atomic E-state index is 0.387. The van der Waals surface area contributed by atoms with Crippen LogP contribution in [0.5, 0.6) is 5.75 Å². The van der Waals surface area contributed by atoms with E-state index in [1.165, 1.54) is 0 Å². The summed E-state index contributed by atoms with van der Waals surface area (Å²) in [7, 11) is 1.66. The summed E-state index contributed by atoms with van der Waals surface area (Å²) in [5.41, 5.74) is 9.54. The number of nitrogens with two attached hydrogens (primary N) is 1. The van der Waals surface area contributed by atoms with Crippen LogP contribution in [0, 0.1) is 6.92 Å². The standard InChI is InChI=1S/C15H15BrN2OS/c1-9-7-11(19-2)4-6-13(9)18-14-5-3-10(15(17)20)8-12(14)16/h3-8,18H,1-2H3,(H2,17,20). The van der Waals surface area contributed by atoms with Crippen LogP contribution < -0.4 is 15.8 Å². The fourth-order valence-corrected chi connectivity index (χ4v) is 2.42. The predicted molar refractivity (Wildman–Crippen MR) is 91.0 cm³/mol. The minimum absolute atomic E-state index is 0.387. The van der Waals surface area contributed by atoms with E-state index in [0.29, 0.717) is 4.99 Å².